The summed E-state index contributed by atoms with van der Waals surface area (Å²) in [5, 5.41) is 17.0. The molecule has 0 unspecified atom stereocenters. The lowest BCUT2D eigenvalue weighted by Gasteiger charge is -2.22. The largest absolute Gasteiger partial charge is 0.395 e. The van der Waals surface area contributed by atoms with Gasteiger partial charge in [-0.05, 0) is 25.6 Å². The average Bonchev–Trinajstić information content (AvgIpc) is 2.77. The molecule has 2 aromatic rings. The SMILES string of the molecule is Cc1n[nH]c2nc(Cl)nc(N(C)CCN(C)CCO)c12. The highest BCUT2D eigenvalue weighted by molar-refractivity contribution is 6.28. The molecule has 0 aromatic carbocycles. The van der Waals surface area contributed by atoms with Crippen molar-refractivity contribution >= 4 is 28.5 Å². The van der Waals surface area contributed by atoms with Gasteiger partial charge in [0.25, 0.3) is 0 Å². The van der Waals surface area contributed by atoms with Crippen LogP contribution in [0.3, 0.4) is 0 Å². The first-order valence-corrected chi connectivity index (χ1v) is 6.79. The van der Waals surface area contributed by atoms with Crippen LogP contribution in [-0.4, -0.2) is 70.5 Å². The van der Waals surface area contributed by atoms with Gasteiger partial charge in [-0.3, -0.25) is 5.10 Å². The molecule has 7 nitrogen and oxygen atoms in total. The van der Waals surface area contributed by atoms with Crippen molar-refractivity contribution in [2.24, 2.45) is 0 Å². The van der Waals surface area contributed by atoms with Crippen molar-refractivity contribution < 1.29 is 5.11 Å². The molecule has 2 N–H and O–H groups in total. The van der Waals surface area contributed by atoms with Gasteiger partial charge in [0, 0.05) is 26.7 Å². The second-order valence-electron chi connectivity index (χ2n) is 4.80. The van der Waals surface area contributed by atoms with Gasteiger partial charge in [0.15, 0.2) is 5.65 Å². The third-order valence-corrected chi connectivity index (χ3v) is 3.38. The summed E-state index contributed by atoms with van der Waals surface area (Å²) in [6, 6.07) is 0. The van der Waals surface area contributed by atoms with Crippen molar-refractivity contribution in [2.75, 3.05) is 45.2 Å². The summed E-state index contributed by atoms with van der Waals surface area (Å²) < 4.78 is 0. The number of aliphatic hydroxyl groups excluding tert-OH is 1. The molecule has 0 saturated heterocycles. The summed E-state index contributed by atoms with van der Waals surface area (Å²) in [6.45, 7) is 4.30. The molecule has 8 heteroatoms. The smallest absolute Gasteiger partial charge is 0.226 e. The van der Waals surface area contributed by atoms with Crippen LogP contribution in [0.15, 0.2) is 0 Å². The second kappa shape index (κ2) is 6.34. The van der Waals surface area contributed by atoms with Gasteiger partial charge in [0.2, 0.25) is 5.28 Å². The lowest BCUT2D eigenvalue weighted by molar-refractivity contribution is 0.224. The number of hydrogen-bond acceptors (Lipinski definition) is 6. The van der Waals surface area contributed by atoms with Crippen LogP contribution in [0.4, 0.5) is 5.82 Å². The molecule has 0 fully saturated rings. The Morgan fingerprint density at radius 2 is 1.95 bits per heavy atom. The number of aryl methyl sites for hydroxylation is 1. The number of likely N-dealkylation sites (N-methyl/N-ethyl adjacent to an activating group) is 2. The van der Waals surface area contributed by atoms with Gasteiger partial charge >= 0.3 is 0 Å². The molecule has 0 amide bonds. The first-order chi connectivity index (χ1) is 9.52. The number of fused-ring (bicyclic) bond motifs is 1. The van der Waals surface area contributed by atoms with Gasteiger partial charge in [-0.15, -0.1) is 0 Å². The van der Waals surface area contributed by atoms with Crippen LogP contribution < -0.4 is 4.90 Å². The van der Waals surface area contributed by atoms with Crippen molar-refractivity contribution in [3.63, 3.8) is 0 Å². The summed E-state index contributed by atoms with van der Waals surface area (Å²) in [4.78, 5) is 12.5. The third kappa shape index (κ3) is 3.17. The fourth-order valence-corrected chi connectivity index (χ4v) is 2.18. The van der Waals surface area contributed by atoms with Gasteiger partial charge in [-0.1, -0.05) is 0 Å². The standard InChI is InChI=1S/C12H19ClN6O/c1-8-9-10(17-16-8)14-12(13)15-11(9)19(3)5-4-18(2)6-7-20/h20H,4-7H2,1-3H3,(H,14,15,16,17). The number of nitrogens with zero attached hydrogens (tertiary/aromatic N) is 5. The van der Waals surface area contributed by atoms with Gasteiger partial charge in [0.1, 0.15) is 5.82 Å². The van der Waals surface area contributed by atoms with Crippen molar-refractivity contribution in [2.45, 2.75) is 6.92 Å². The summed E-state index contributed by atoms with van der Waals surface area (Å²) in [5.41, 5.74) is 1.50. The van der Waals surface area contributed by atoms with Gasteiger partial charge in [-0.2, -0.15) is 15.1 Å². The van der Waals surface area contributed by atoms with Crippen molar-refractivity contribution in [3.8, 4) is 0 Å². The lowest BCUT2D eigenvalue weighted by atomic mass is 10.3. The number of nitrogens with one attached hydrogen (secondary N) is 1. The molecule has 2 rings (SSSR count). The predicted molar refractivity (Wildman–Crippen MR) is 79.3 cm³/mol. The van der Waals surface area contributed by atoms with Crippen molar-refractivity contribution in [3.05, 3.63) is 11.0 Å². The highest BCUT2D eigenvalue weighted by Gasteiger charge is 2.15. The number of aromatic nitrogens is 4. The van der Waals surface area contributed by atoms with E-state index < -0.39 is 0 Å². The monoisotopic (exact) mass is 298 g/mol. The summed E-state index contributed by atoms with van der Waals surface area (Å²) in [6.07, 6.45) is 0. The predicted octanol–water partition coefficient (Wildman–Crippen LogP) is 0.675. The Morgan fingerprint density at radius 3 is 2.65 bits per heavy atom. The average molecular weight is 299 g/mol. The van der Waals surface area contributed by atoms with E-state index in [1.54, 1.807) is 0 Å². The van der Waals surface area contributed by atoms with Crippen LogP contribution in [-0.2, 0) is 0 Å². The zero-order chi connectivity index (χ0) is 14.7. The molecule has 0 radical (unpaired) electrons. The lowest BCUT2D eigenvalue weighted by Crippen LogP contribution is -2.32. The van der Waals surface area contributed by atoms with Crippen LogP contribution in [0.5, 0.6) is 0 Å². The Hall–Kier alpha value is -1.44. The van der Waals surface area contributed by atoms with E-state index in [4.69, 9.17) is 16.7 Å². The maximum absolute atomic E-state index is 8.90. The number of aromatic amines is 1. The van der Waals surface area contributed by atoms with Gasteiger partial charge < -0.3 is 14.9 Å². The molecule has 2 aromatic heterocycles. The van der Waals surface area contributed by atoms with Crippen LogP contribution in [0.1, 0.15) is 5.69 Å². The molecule has 0 aliphatic carbocycles. The number of hydrogen-bond donors (Lipinski definition) is 2. The fraction of sp³-hybridized carbons (Fsp3) is 0.583. The number of rotatable bonds is 6. The molecule has 110 valence electrons. The Morgan fingerprint density at radius 1 is 1.20 bits per heavy atom. The number of halogens is 1. The van der Waals surface area contributed by atoms with E-state index in [1.165, 1.54) is 0 Å². The summed E-state index contributed by atoms with van der Waals surface area (Å²) in [7, 11) is 3.92. The molecular weight excluding hydrogens is 280 g/mol. The molecule has 0 atom stereocenters. The normalized spacial score (nSPS) is 11.5. The van der Waals surface area contributed by atoms with E-state index in [-0.39, 0.29) is 11.9 Å². The molecule has 0 bridgehead atoms. The van der Waals surface area contributed by atoms with E-state index >= 15 is 0 Å². The zero-order valence-electron chi connectivity index (χ0n) is 11.9. The minimum atomic E-state index is 0.157. The first kappa shape index (κ1) is 15.0. The number of H-pyrrole nitrogens is 1. The summed E-state index contributed by atoms with van der Waals surface area (Å²) in [5.74, 6) is 0.767. The molecule has 2 heterocycles. The quantitative estimate of drug-likeness (QED) is 0.763. The maximum Gasteiger partial charge on any atom is 0.226 e. The van der Waals surface area contributed by atoms with Crippen LogP contribution >= 0.6 is 11.6 Å². The minimum absolute atomic E-state index is 0.157. The molecule has 0 spiro atoms. The maximum atomic E-state index is 8.90. The van der Waals surface area contributed by atoms with E-state index in [0.717, 1.165) is 30.0 Å². The van der Waals surface area contributed by atoms with E-state index in [9.17, 15) is 0 Å². The van der Waals surface area contributed by atoms with E-state index in [2.05, 4.69) is 25.1 Å². The number of aliphatic hydroxyl groups is 1. The van der Waals surface area contributed by atoms with Crippen molar-refractivity contribution in [1.29, 1.82) is 0 Å². The summed E-state index contributed by atoms with van der Waals surface area (Å²) >= 11 is 5.95. The Balaban J connectivity index is 2.21. The zero-order valence-corrected chi connectivity index (χ0v) is 12.6. The van der Waals surface area contributed by atoms with Gasteiger partial charge in [-0.25, -0.2) is 0 Å². The second-order valence-corrected chi connectivity index (χ2v) is 5.14. The molecular formula is C12H19ClN6O. The molecule has 20 heavy (non-hydrogen) atoms. The van der Waals surface area contributed by atoms with Gasteiger partial charge in [0.05, 0.1) is 17.7 Å². The molecule has 0 aliphatic heterocycles. The van der Waals surface area contributed by atoms with Crippen LogP contribution in [0.2, 0.25) is 5.28 Å². The Bertz CT molecular complexity index is 587. The minimum Gasteiger partial charge on any atom is -0.395 e. The third-order valence-electron chi connectivity index (χ3n) is 3.21. The molecule has 0 saturated carbocycles. The van der Waals surface area contributed by atoms with E-state index in [1.807, 2.05) is 25.9 Å². The van der Waals surface area contributed by atoms with Crippen LogP contribution in [0, 0.1) is 6.92 Å². The topological polar surface area (TPSA) is 81.2 Å². The molecule has 0 aliphatic rings. The Kier molecular flexibility index (Phi) is 4.74. The Labute approximate surface area is 122 Å². The highest BCUT2D eigenvalue weighted by Crippen LogP contribution is 2.25. The van der Waals surface area contributed by atoms with E-state index in [0.29, 0.717) is 12.2 Å². The number of anilines is 1. The fourth-order valence-electron chi connectivity index (χ4n) is 2.01. The van der Waals surface area contributed by atoms with Crippen LogP contribution in [0.25, 0.3) is 11.0 Å². The highest BCUT2D eigenvalue weighted by atomic mass is 35.5. The first-order valence-electron chi connectivity index (χ1n) is 6.41. The van der Waals surface area contributed by atoms with Crippen molar-refractivity contribution in [1.82, 2.24) is 25.1 Å².